The first-order valence-corrected chi connectivity index (χ1v) is 8.65. The van der Waals surface area contributed by atoms with Gasteiger partial charge >= 0.3 is 6.03 Å². The molecule has 3 aromatic rings. The number of aromatic nitrogens is 1. The van der Waals surface area contributed by atoms with Crippen molar-refractivity contribution in [2.75, 3.05) is 11.1 Å². The number of pyridine rings is 1. The van der Waals surface area contributed by atoms with Crippen LogP contribution in [0.25, 0.3) is 11.1 Å². The van der Waals surface area contributed by atoms with Crippen LogP contribution in [0.2, 0.25) is 0 Å². The van der Waals surface area contributed by atoms with Crippen LogP contribution in [0.4, 0.5) is 20.6 Å². The first kappa shape index (κ1) is 17.0. The van der Waals surface area contributed by atoms with Gasteiger partial charge in [0, 0.05) is 25.5 Å². The molecule has 0 unspecified atom stereocenters. The van der Waals surface area contributed by atoms with Crippen LogP contribution in [0.15, 0.2) is 54.9 Å². The summed E-state index contributed by atoms with van der Waals surface area (Å²) in [7, 11) is 0. The van der Waals surface area contributed by atoms with E-state index in [4.69, 9.17) is 5.73 Å². The van der Waals surface area contributed by atoms with Crippen molar-refractivity contribution >= 4 is 17.4 Å². The number of urea groups is 1. The van der Waals surface area contributed by atoms with E-state index in [1.54, 1.807) is 42.4 Å². The average Bonchev–Trinajstić information content (AvgIpc) is 3.10. The highest BCUT2D eigenvalue weighted by atomic mass is 19.1. The summed E-state index contributed by atoms with van der Waals surface area (Å²) in [4.78, 5) is 18.5. The Morgan fingerprint density at radius 3 is 2.63 bits per heavy atom. The number of rotatable bonds is 2. The Morgan fingerprint density at radius 1 is 1.11 bits per heavy atom. The molecule has 0 fully saturated rings. The van der Waals surface area contributed by atoms with Gasteiger partial charge in [-0.1, -0.05) is 12.1 Å². The normalized spacial score (nSPS) is 12.7. The van der Waals surface area contributed by atoms with Gasteiger partial charge in [-0.3, -0.25) is 4.98 Å². The Hall–Kier alpha value is -3.41. The molecule has 0 saturated carbocycles. The van der Waals surface area contributed by atoms with Gasteiger partial charge in [-0.25, -0.2) is 9.18 Å². The summed E-state index contributed by atoms with van der Waals surface area (Å²) in [5.74, 6) is -0.245. The molecule has 0 saturated heterocycles. The minimum atomic E-state index is -0.245. The molecule has 27 heavy (non-hydrogen) atoms. The number of nitrogens with zero attached hydrogens (tertiary/aromatic N) is 2. The second kappa shape index (κ2) is 6.72. The summed E-state index contributed by atoms with van der Waals surface area (Å²) < 4.78 is 13.5. The van der Waals surface area contributed by atoms with Gasteiger partial charge in [-0.2, -0.15) is 0 Å². The van der Waals surface area contributed by atoms with E-state index in [9.17, 15) is 9.18 Å². The van der Waals surface area contributed by atoms with Crippen LogP contribution in [0.3, 0.4) is 0 Å². The molecule has 1 aromatic heterocycles. The van der Waals surface area contributed by atoms with Gasteiger partial charge in [-0.15, -0.1) is 0 Å². The maximum atomic E-state index is 13.5. The molecule has 136 valence electrons. The minimum Gasteiger partial charge on any atom is -0.397 e. The van der Waals surface area contributed by atoms with E-state index in [-0.39, 0.29) is 11.8 Å². The molecule has 2 aromatic carbocycles. The lowest BCUT2D eigenvalue weighted by molar-refractivity contribution is 0.212. The van der Waals surface area contributed by atoms with Crippen LogP contribution < -0.4 is 11.1 Å². The van der Waals surface area contributed by atoms with E-state index in [1.165, 1.54) is 6.07 Å². The van der Waals surface area contributed by atoms with Crippen molar-refractivity contribution in [3.63, 3.8) is 0 Å². The van der Waals surface area contributed by atoms with Crippen molar-refractivity contribution < 1.29 is 9.18 Å². The van der Waals surface area contributed by atoms with E-state index >= 15 is 0 Å². The molecule has 1 aliphatic rings. The standard InChI is InChI=1S/C21H19FN4O/c1-13-8-14(2-4-18(13)22)15-3-5-19(23)20(9-15)25-21(27)26-11-16-6-7-24-10-17(16)12-26/h2-10H,11-12,23H2,1H3,(H,25,27). The number of halogens is 1. The summed E-state index contributed by atoms with van der Waals surface area (Å²) >= 11 is 0. The number of nitrogens with two attached hydrogens (primary N) is 1. The third-order valence-electron chi connectivity index (χ3n) is 4.80. The predicted octanol–water partition coefficient (Wildman–Crippen LogP) is 4.33. The van der Waals surface area contributed by atoms with E-state index in [0.717, 1.165) is 22.3 Å². The van der Waals surface area contributed by atoms with Crippen molar-refractivity contribution in [2.45, 2.75) is 20.0 Å². The lowest BCUT2D eigenvalue weighted by Crippen LogP contribution is -2.30. The van der Waals surface area contributed by atoms with Crippen LogP contribution >= 0.6 is 0 Å². The summed E-state index contributed by atoms with van der Waals surface area (Å²) in [5, 5.41) is 2.89. The Bertz CT molecular complexity index is 1010. The van der Waals surface area contributed by atoms with Crippen LogP contribution in [-0.2, 0) is 13.1 Å². The third kappa shape index (κ3) is 3.33. The molecule has 0 aliphatic carbocycles. The van der Waals surface area contributed by atoms with Crippen molar-refractivity contribution in [2.24, 2.45) is 0 Å². The summed E-state index contributed by atoms with van der Waals surface area (Å²) in [6, 6.07) is 12.0. The Morgan fingerprint density at radius 2 is 1.85 bits per heavy atom. The summed E-state index contributed by atoms with van der Waals surface area (Å²) in [6.45, 7) is 2.78. The average molecular weight is 362 g/mol. The van der Waals surface area contributed by atoms with Crippen molar-refractivity contribution in [3.05, 3.63) is 77.4 Å². The minimum absolute atomic E-state index is 0.217. The number of anilines is 2. The lowest BCUT2D eigenvalue weighted by atomic mass is 10.0. The lowest BCUT2D eigenvalue weighted by Gasteiger charge is -2.18. The number of benzene rings is 2. The van der Waals surface area contributed by atoms with Gasteiger partial charge in [0.1, 0.15) is 5.82 Å². The predicted molar refractivity (Wildman–Crippen MR) is 103 cm³/mol. The van der Waals surface area contributed by atoms with E-state index in [2.05, 4.69) is 10.3 Å². The molecular formula is C21H19FN4O. The van der Waals surface area contributed by atoms with Crippen molar-refractivity contribution in [1.29, 1.82) is 0 Å². The topological polar surface area (TPSA) is 71.2 Å². The number of amides is 2. The maximum Gasteiger partial charge on any atom is 0.322 e. The van der Waals surface area contributed by atoms with Crippen molar-refractivity contribution in [3.8, 4) is 11.1 Å². The van der Waals surface area contributed by atoms with Gasteiger partial charge in [0.25, 0.3) is 0 Å². The molecule has 4 rings (SSSR count). The molecule has 3 N–H and O–H groups in total. The molecule has 0 radical (unpaired) electrons. The number of hydrogen-bond donors (Lipinski definition) is 2. The maximum absolute atomic E-state index is 13.5. The highest BCUT2D eigenvalue weighted by molar-refractivity contribution is 5.94. The van der Waals surface area contributed by atoms with Gasteiger partial charge in [0.05, 0.1) is 11.4 Å². The molecule has 6 heteroatoms. The van der Waals surface area contributed by atoms with Crippen LogP contribution in [0.5, 0.6) is 0 Å². The molecule has 5 nitrogen and oxygen atoms in total. The van der Waals surface area contributed by atoms with Gasteiger partial charge in [0.2, 0.25) is 0 Å². The number of carbonyl (C=O) groups is 1. The Kier molecular flexibility index (Phi) is 4.24. The Labute approximate surface area is 156 Å². The number of hydrogen-bond acceptors (Lipinski definition) is 3. The van der Waals surface area contributed by atoms with Gasteiger partial charge in [-0.05, 0) is 65.1 Å². The number of aryl methyl sites for hydroxylation is 1. The third-order valence-corrected chi connectivity index (χ3v) is 4.80. The SMILES string of the molecule is Cc1cc(-c2ccc(N)c(NC(=O)N3Cc4ccncc4C3)c2)ccc1F. The van der Waals surface area contributed by atoms with E-state index in [1.807, 2.05) is 18.2 Å². The highest BCUT2D eigenvalue weighted by Crippen LogP contribution is 2.29. The molecule has 2 amide bonds. The monoisotopic (exact) mass is 362 g/mol. The first-order chi connectivity index (χ1) is 13.0. The number of nitrogen functional groups attached to an aromatic ring is 1. The zero-order valence-corrected chi connectivity index (χ0v) is 14.9. The van der Waals surface area contributed by atoms with Crippen LogP contribution in [-0.4, -0.2) is 15.9 Å². The molecular weight excluding hydrogens is 343 g/mol. The van der Waals surface area contributed by atoms with Crippen LogP contribution in [0.1, 0.15) is 16.7 Å². The fourth-order valence-electron chi connectivity index (χ4n) is 3.23. The van der Waals surface area contributed by atoms with Gasteiger partial charge < -0.3 is 16.0 Å². The molecule has 0 spiro atoms. The second-order valence-corrected chi connectivity index (χ2v) is 6.70. The smallest absolute Gasteiger partial charge is 0.322 e. The van der Waals surface area contributed by atoms with E-state index in [0.29, 0.717) is 30.0 Å². The number of nitrogens with one attached hydrogen (secondary N) is 1. The zero-order valence-electron chi connectivity index (χ0n) is 14.9. The fraction of sp³-hybridized carbons (Fsp3) is 0.143. The van der Waals surface area contributed by atoms with Crippen molar-refractivity contribution in [1.82, 2.24) is 9.88 Å². The number of carbonyl (C=O) groups excluding carboxylic acids is 1. The Balaban J connectivity index is 1.55. The summed E-state index contributed by atoms with van der Waals surface area (Å²) in [6.07, 6.45) is 3.51. The molecule has 0 bridgehead atoms. The quantitative estimate of drug-likeness (QED) is 0.667. The molecule has 2 heterocycles. The van der Waals surface area contributed by atoms with Gasteiger partial charge in [0.15, 0.2) is 0 Å². The highest BCUT2D eigenvalue weighted by Gasteiger charge is 2.23. The van der Waals surface area contributed by atoms with Crippen LogP contribution in [0, 0.1) is 12.7 Å². The summed E-state index contributed by atoms with van der Waals surface area (Å²) in [5.41, 5.74) is 11.5. The van der Waals surface area contributed by atoms with E-state index < -0.39 is 0 Å². The zero-order chi connectivity index (χ0) is 19.0. The molecule has 0 atom stereocenters. The largest absolute Gasteiger partial charge is 0.397 e. The number of fused-ring (bicyclic) bond motifs is 1. The molecule has 1 aliphatic heterocycles. The second-order valence-electron chi connectivity index (χ2n) is 6.70. The fourth-order valence-corrected chi connectivity index (χ4v) is 3.23. The first-order valence-electron chi connectivity index (χ1n) is 8.65.